The zero-order chi connectivity index (χ0) is 22.8. The van der Waals surface area contributed by atoms with E-state index in [1.165, 1.54) is 11.1 Å². The first-order chi connectivity index (χ1) is 14.7. The highest BCUT2D eigenvalue weighted by molar-refractivity contribution is 7.89. The second-order valence-electron chi connectivity index (χ2n) is 8.34. The van der Waals surface area contributed by atoms with Crippen molar-refractivity contribution >= 4 is 22.4 Å². The van der Waals surface area contributed by atoms with Crippen LogP contribution >= 0.6 is 12.4 Å². The molecule has 1 aliphatic heterocycles. The first kappa shape index (κ1) is 26.5. The van der Waals surface area contributed by atoms with E-state index >= 15 is 0 Å². The molecule has 0 spiro atoms. The Hall–Kier alpha value is -1.80. The standard InChI is InChI=1S/C24H34N2O4S.ClH/c1-16-12-17(2)19(4)24(18(16)3)31(27,28)25-9-7-10-26-11-8-20-13-22(29-5)23(30-6)14-21(20)15-26;/h12-14,25H,7-11,15H2,1-6H3;1H. The van der Waals surface area contributed by atoms with E-state index < -0.39 is 10.0 Å². The molecule has 6 nitrogen and oxygen atoms in total. The predicted molar refractivity (Wildman–Crippen MR) is 131 cm³/mol. The van der Waals surface area contributed by atoms with Gasteiger partial charge in [0.15, 0.2) is 11.5 Å². The maximum absolute atomic E-state index is 13.0. The third-order valence-corrected chi connectivity index (χ3v) is 8.04. The van der Waals surface area contributed by atoms with Gasteiger partial charge in [-0.15, -0.1) is 12.4 Å². The molecular formula is C24H35ClN2O4S. The Balaban J connectivity index is 0.00000363. The van der Waals surface area contributed by atoms with E-state index in [-0.39, 0.29) is 12.4 Å². The van der Waals surface area contributed by atoms with Crippen molar-refractivity contribution in [2.24, 2.45) is 0 Å². The zero-order valence-corrected chi connectivity index (χ0v) is 21.5. The number of methoxy groups -OCH3 is 2. The summed E-state index contributed by atoms with van der Waals surface area (Å²) in [5.74, 6) is 1.51. The van der Waals surface area contributed by atoms with Crippen LogP contribution in [0.25, 0.3) is 0 Å². The molecule has 0 saturated heterocycles. The Labute approximate surface area is 198 Å². The van der Waals surface area contributed by atoms with Crippen molar-refractivity contribution in [3.05, 3.63) is 51.6 Å². The van der Waals surface area contributed by atoms with Gasteiger partial charge < -0.3 is 9.47 Å². The van der Waals surface area contributed by atoms with Gasteiger partial charge in [-0.2, -0.15) is 0 Å². The number of fused-ring (bicyclic) bond motifs is 1. The third kappa shape index (κ3) is 5.57. The number of aryl methyl sites for hydroxylation is 2. The molecule has 0 aromatic heterocycles. The van der Waals surface area contributed by atoms with Gasteiger partial charge in [0.2, 0.25) is 10.0 Å². The number of hydrogen-bond donors (Lipinski definition) is 1. The molecule has 32 heavy (non-hydrogen) atoms. The van der Waals surface area contributed by atoms with Crippen LogP contribution in [-0.4, -0.2) is 47.2 Å². The second kappa shape index (κ2) is 10.9. The fraction of sp³-hybridized carbons (Fsp3) is 0.500. The molecular weight excluding hydrogens is 448 g/mol. The molecule has 0 saturated carbocycles. The van der Waals surface area contributed by atoms with Crippen LogP contribution in [0.4, 0.5) is 0 Å². The number of rotatable bonds is 8. The largest absolute Gasteiger partial charge is 0.493 e. The fourth-order valence-corrected chi connectivity index (χ4v) is 5.98. The van der Waals surface area contributed by atoms with Crippen molar-refractivity contribution in [3.63, 3.8) is 0 Å². The number of halogens is 1. The molecule has 178 valence electrons. The van der Waals surface area contributed by atoms with E-state index in [0.29, 0.717) is 11.4 Å². The molecule has 0 aliphatic carbocycles. The predicted octanol–water partition coefficient (Wildman–Crippen LogP) is 4.09. The maximum atomic E-state index is 13.0. The van der Waals surface area contributed by atoms with Crippen LogP contribution in [0.5, 0.6) is 11.5 Å². The number of ether oxygens (including phenoxy) is 2. The van der Waals surface area contributed by atoms with Crippen LogP contribution in [0.3, 0.4) is 0 Å². The molecule has 0 amide bonds. The quantitative estimate of drug-likeness (QED) is 0.574. The first-order valence-corrected chi connectivity index (χ1v) is 12.2. The second-order valence-corrected chi connectivity index (χ2v) is 10.0. The summed E-state index contributed by atoms with van der Waals surface area (Å²) >= 11 is 0. The molecule has 2 aromatic carbocycles. The number of sulfonamides is 1. The van der Waals surface area contributed by atoms with Gasteiger partial charge in [-0.1, -0.05) is 6.07 Å². The van der Waals surface area contributed by atoms with Crippen molar-refractivity contribution in [1.29, 1.82) is 0 Å². The van der Waals surface area contributed by atoms with E-state index in [0.717, 1.165) is 66.2 Å². The first-order valence-electron chi connectivity index (χ1n) is 10.7. The molecule has 0 fully saturated rings. The lowest BCUT2D eigenvalue weighted by Crippen LogP contribution is -2.34. The average molecular weight is 483 g/mol. The van der Waals surface area contributed by atoms with Gasteiger partial charge in [-0.3, -0.25) is 4.90 Å². The van der Waals surface area contributed by atoms with Gasteiger partial charge in [0.05, 0.1) is 19.1 Å². The SMILES string of the molecule is COc1cc2c(cc1OC)CN(CCCNS(=O)(=O)c1c(C)c(C)cc(C)c1C)CC2.Cl. The molecule has 1 heterocycles. The van der Waals surface area contributed by atoms with Crippen molar-refractivity contribution in [2.75, 3.05) is 33.9 Å². The van der Waals surface area contributed by atoms with E-state index in [1.54, 1.807) is 14.2 Å². The van der Waals surface area contributed by atoms with Crippen LogP contribution in [0.1, 0.15) is 39.8 Å². The smallest absolute Gasteiger partial charge is 0.241 e. The molecule has 1 N–H and O–H groups in total. The van der Waals surface area contributed by atoms with E-state index in [2.05, 4.69) is 21.8 Å². The lowest BCUT2D eigenvalue weighted by molar-refractivity contribution is 0.250. The van der Waals surface area contributed by atoms with E-state index in [4.69, 9.17) is 9.47 Å². The minimum atomic E-state index is -3.53. The summed E-state index contributed by atoms with van der Waals surface area (Å²) in [7, 11) is -0.231. The minimum absolute atomic E-state index is 0. The average Bonchev–Trinajstić information content (AvgIpc) is 2.74. The Morgan fingerprint density at radius 1 is 0.938 bits per heavy atom. The van der Waals surface area contributed by atoms with Crippen LogP contribution < -0.4 is 14.2 Å². The Kier molecular flexibility index (Phi) is 8.99. The van der Waals surface area contributed by atoms with Crippen molar-refractivity contribution in [3.8, 4) is 11.5 Å². The van der Waals surface area contributed by atoms with Crippen molar-refractivity contribution in [2.45, 2.75) is 52.0 Å². The molecule has 0 atom stereocenters. The molecule has 1 aliphatic rings. The Bertz CT molecular complexity index is 1040. The van der Waals surface area contributed by atoms with Crippen LogP contribution in [0, 0.1) is 27.7 Å². The number of nitrogens with one attached hydrogen (secondary N) is 1. The zero-order valence-electron chi connectivity index (χ0n) is 19.9. The maximum Gasteiger partial charge on any atom is 0.241 e. The van der Waals surface area contributed by atoms with Crippen LogP contribution in [0.2, 0.25) is 0 Å². The van der Waals surface area contributed by atoms with E-state index in [1.807, 2.05) is 33.8 Å². The van der Waals surface area contributed by atoms with Gasteiger partial charge in [0.1, 0.15) is 0 Å². The van der Waals surface area contributed by atoms with Crippen molar-refractivity contribution < 1.29 is 17.9 Å². The minimum Gasteiger partial charge on any atom is -0.493 e. The number of hydrogen-bond acceptors (Lipinski definition) is 5. The van der Waals surface area contributed by atoms with Gasteiger partial charge in [-0.25, -0.2) is 13.1 Å². The summed E-state index contributed by atoms with van der Waals surface area (Å²) in [6, 6.07) is 6.16. The van der Waals surface area contributed by atoms with Gasteiger partial charge in [0.25, 0.3) is 0 Å². The van der Waals surface area contributed by atoms with Gasteiger partial charge in [0, 0.05) is 19.6 Å². The normalized spacial score (nSPS) is 13.9. The molecule has 8 heteroatoms. The highest BCUT2D eigenvalue weighted by atomic mass is 35.5. The van der Waals surface area contributed by atoms with Gasteiger partial charge >= 0.3 is 0 Å². The third-order valence-electron chi connectivity index (χ3n) is 6.31. The molecule has 0 bridgehead atoms. The molecule has 0 radical (unpaired) electrons. The van der Waals surface area contributed by atoms with E-state index in [9.17, 15) is 8.42 Å². The lowest BCUT2D eigenvalue weighted by Gasteiger charge is -2.29. The summed E-state index contributed by atoms with van der Waals surface area (Å²) in [4.78, 5) is 2.79. The number of benzene rings is 2. The monoisotopic (exact) mass is 482 g/mol. The van der Waals surface area contributed by atoms with Crippen LogP contribution in [-0.2, 0) is 23.0 Å². The molecule has 0 unspecified atom stereocenters. The summed E-state index contributed by atoms with van der Waals surface area (Å²) in [5, 5.41) is 0. The highest BCUT2D eigenvalue weighted by Crippen LogP contribution is 2.33. The topological polar surface area (TPSA) is 67.9 Å². The van der Waals surface area contributed by atoms with Crippen molar-refractivity contribution in [1.82, 2.24) is 9.62 Å². The summed E-state index contributed by atoms with van der Waals surface area (Å²) in [5.41, 5.74) is 6.19. The summed E-state index contributed by atoms with van der Waals surface area (Å²) in [6.45, 7) is 10.7. The highest BCUT2D eigenvalue weighted by Gasteiger charge is 2.22. The molecule has 3 rings (SSSR count). The summed E-state index contributed by atoms with van der Waals surface area (Å²) in [6.07, 6.45) is 1.70. The molecule has 2 aromatic rings. The Morgan fingerprint density at radius 3 is 2.06 bits per heavy atom. The van der Waals surface area contributed by atoms with Crippen LogP contribution in [0.15, 0.2) is 23.1 Å². The fourth-order valence-electron chi connectivity index (χ4n) is 4.30. The summed E-state index contributed by atoms with van der Waals surface area (Å²) < 4.78 is 39.6. The number of nitrogens with zero attached hydrogens (tertiary/aromatic N) is 1. The van der Waals surface area contributed by atoms with Gasteiger partial charge in [-0.05, 0) is 92.6 Å². The lowest BCUT2D eigenvalue weighted by atomic mass is 9.98. The Morgan fingerprint density at radius 2 is 1.50 bits per heavy atom.